The summed E-state index contributed by atoms with van der Waals surface area (Å²) in [6.45, 7) is 5.06. The highest BCUT2D eigenvalue weighted by atomic mass is 32.2. The Hall–Kier alpha value is -3.78. The van der Waals surface area contributed by atoms with Crippen molar-refractivity contribution in [2.45, 2.75) is 31.3 Å². The molecule has 0 aliphatic carbocycles. The first-order chi connectivity index (χ1) is 19.3. The first-order valence-electron chi connectivity index (χ1n) is 13.2. The molecule has 0 unspecified atom stereocenters. The van der Waals surface area contributed by atoms with Gasteiger partial charge in [0.05, 0.1) is 11.5 Å². The van der Waals surface area contributed by atoms with E-state index in [1.165, 1.54) is 16.4 Å². The van der Waals surface area contributed by atoms with Crippen LogP contribution in [0.3, 0.4) is 0 Å². The van der Waals surface area contributed by atoms with Crippen LogP contribution in [0.2, 0.25) is 0 Å². The van der Waals surface area contributed by atoms with E-state index in [4.69, 9.17) is 9.84 Å². The summed E-state index contributed by atoms with van der Waals surface area (Å²) in [5.74, 6) is 1.06. The molecule has 0 atom stereocenters. The van der Waals surface area contributed by atoms with Gasteiger partial charge in [0.2, 0.25) is 10.0 Å². The topological polar surface area (TPSA) is 154 Å². The summed E-state index contributed by atoms with van der Waals surface area (Å²) in [5, 5.41) is 8.87. The Morgan fingerprint density at radius 1 is 0.975 bits per heavy atom. The van der Waals surface area contributed by atoms with Gasteiger partial charge in [-0.2, -0.15) is 4.31 Å². The fourth-order valence-corrected chi connectivity index (χ4v) is 6.17. The Morgan fingerprint density at radius 2 is 1.68 bits per heavy atom. The maximum Gasteiger partial charge on any atom is 0.330 e. The molecular weight excluding hydrogens is 536 g/mol. The van der Waals surface area contributed by atoms with Gasteiger partial charge in [-0.05, 0) is 48.4 Å². The second-order valence-electron chi connectivity index (χ2n) is 9.62. The zero-order valence-electron chi connectivity index (χ0n) is 22.2. The number of aromatic amines is 2. The lowest BCUT2D eigenvalue weighted by Crippen LogP contribution is -2.48. The Labute approximate surface area is 230 Å². The monoisotopic (exact) mass is 568 g/mol. The van der Waals surface area contributed by atoms with E-state index in [9.17, 15) is 18.0 Å². The molecule has 4 aromatic rings. The highest BCUT2D eigenvalue weighted by molar-refractivity contribution is 7.89. The fourth-order valence-electron chi connectivity index (χ4n) is 4.75. The van der Waals surface area contributed by atoms with Gasteiger partial charge < -0.3 is 14.8 Å². The molecule has 1 fully saturated rings. The maximum absolute atomic E-state index is 13.3. The summed E-state index contributed by atoms with van der Waals surface area (Å²) in [5.41, 5.74) is 1.10. The number of nitrogens with one attached hydrogen (secondary N) is 2. The molecular formula is C27H32N6O6S. The van der Waals surface area contributed by atoms with Crippen molar-refractivity contribution in [1.29, 1.82) is 0 Å². The average Bonchev–Trinajstić information content (AvgIpc) is 3.39. The SMILES string of the molecule is CCCn1c(=O)[nH]c2nc(-c3ccc(S(=O)(=O)N4CCN(Cc5ccc(OCCO)cc5)CC4)cc3)[nH]c2c1=O. The molecule has 3 N–H and O–H groups in total. The summed E-state index contributed by atoms with van der Waals surface area (Å²) in [4.78, 5) is 37.2. The van der Waals surface area contributed by atoms with E-state index < -0.39 is 21.3 Å². The number of sulfonamides is 1. The number of imidazole rings is 1. The number of aliphatic hydroxyl groups excluding tert-OH is 1. The molecule has 0 saturated carbocycles. The predicted octanol–water partition coefficient (Wildman–Crippen LogP) is 1.37. The largest absolute Gasteiger partial charge is 0.491 e. The summed E-state index contributed by atoms with van der Waals surface area (Å²) in [6, 6.07) is 14.0. The summed E-state index contributed by atoms with van der Waals surface area (Å²) < 4.78 is 34.6. The minimum atomic E-state index is -3.68. The van der Waals surface area contributed by atoms with Crippen LogP contribution in [-0.2, 0) is 23.1 Å². The third-order valence-electron chi connectivity index (χ3n) is 6.87. The number of nitrogens with zero attached hydrogens (tertiary/aromatic N) is 4. The predicted molar refractivity (Wildman–Crippen MR) is 150 cm³/mol. The summed E-state index contributed by atoms with van der Waals surface area (Å²) in [7, 11) is -3.68. The van der Waals surface area contributed by atoms with Crippen LogP contribution in [0.1, 0.15) is 18.9 Å². The maximum atomic E-state index is 13.3. The molecule has 1 aliphatic heterocycles. The van der Waals surface area contributed by atoms with Crippen molar-refractivity contribution in [2.24, 2.45) is 0 Å². The number of rotatable bonds is 10. The molecule has 13 heteroatoms. The van der Waals surface area contributed by atoms with Crippen molar-refractivity contribution in [3.05, 3.63) is 74.9 Å². The van der Waals surface area contributed by atoms with Crippen LogP contribution in [0.25, 0.3) is 22.6 Å². The van der Waals surface area contributed by atoms with Crippen molar-refractivity contribution in [2.75, 3.05) is 39.4 Å². The molecule has 3 heterocycles. The molecule has 2 aromatic carbocycles. The van der Waals surface area contributed by atoms with Crippen LogP contribution in [0.15, 0.2) is 63.0 Å². The Morgan fingerprint density at radius 3 is 2.33 bits per heavy atom. The third-order valence-corrected chi connectivity index (χ3v) is 8.78. The van der Waals surface area contributed by atoms with Crippen molar-refractivity contribution in [3.8, 4) is 17.1 Å². The van der Waals surface area contributed by atoms with Crippen LogP contribution in [0.5, 0.6) is 5.75 Å². The standard InChI is InChI=1S/C27H32N6O6S/c1-2-11-33-26(35)23-25(30-27(33)36)29-24(28-23)20-5-9-22(10-6-20)40(37,38)32-14-12-31(13-15-32)18-19-3-7-21(8-4-19)39-17-16-34/h3-10,34H,2,11-18H2,1H3,(H,28,29)(H,30,36). The summed E-state index contributed by atoms with van der Waals surface area (Å²) in [6.07, 6.45) is 0.636. The number of aliphatic hydroxyl groups is 1. The van der Waals surface area contributed by atoms with Gasteiger partial charge >= 0.3 is 5.69 Å². The Balaban J connectivity index is 1.24. The van der Waals surface area contributed by atoms with Crippen LogP contribution in [-0.4, -0.2) is 81.6 Å². The Bertz CT molecular complexity index is 1680. The van der Waals surface area contributed by atoms with Crippen molar-refractivity contribution < 1.29 is 18.3 Å². The highest BCUT2D eigenvalue weighted by Gasteiger charge is 2.28. The van der Waals surface area contributed by atoms with Gasteiger partial charge in [0.1, 0.15) is 23.7 Å². The van der Waals surface area contributed by atoms with E-state index in [2.05, 4.69) is 19.9 Å². The number of hydrogen-bond donors (Lipinski definition) is 3. The molecule has 1 saturated heterocycles. The van der Waals surface area contributed by atoms with E-state index in [-0.39, 0.29) is 29.3 Å². The molecule has 0 spiro atoms. The Kier molecular flexibility index (Phi) is 8.17. The van der Waals surface area contributed by atoms with E-state index in [1.54, 1.807) is 12.1 Å². The number of fused-ring (bicyclic) bond motifs is 1. The lowest BCUT2D eigenvalue weighted by Gasteiger charge is -2.34. The normalized spacial score (nSPS) is 15.1. The van der Waals surface area contributed by atoms with E-state index >= 15 is 0 Å². The highest BCUT2D eigenvalue weighted by Crippen LogP contribution is 2.23. The fraction of sp³-hybridized carbons (Fsp3) is 0.370. The molecule has 2 aromatic heterocycles. The number of hydrogen-bond acceptors (Lipinski definition) is 8. The second-order valence-corrected chi connectivity index (χ2v) is 11.6. The van der Waals surface area contributed by atoms with Gasteiger partial charge in [0.15, 0.2) is 5.65 Å². The smallest absolute Gasteiger partial charge is 0.330 e. The molecule has 40 heavy (non-hydrogen) atoms. The van der Waals surface area contributed by atoms with Crippen LogP contribution in [0.4, 0.5) is 0 Å². The van der Waals surface area contributed by atoms with Crippen molar-refractivity contribution >= 4 is 21.2 Å². The summed E-state index contributed by atoms with van der Waals surface area (Å²) >= 11 is 0. The van der Waals surface area contributed by atoms with Gasteiger partial charge in [0.25, 0.3) is 5.56 Å². The number of piperazine rings is 1. The number of H-pyrrole nitrogens is 2. The molecule has 1 aliphatic rings. The van der Waals surface area contributed by atoms with Crippen LogP contribution >= 0.6 is 0 Å². The zero-order valence-corrected chi connectivity index (χ0v) is 23.0. The lowest BCUT2D eigenvalue weighted by atomic mass is 10.2. The quantitative estimate of drug-likeness (QED) is 0.259. The zero-order chi connectivity index (χ0) is 28.3. The van der Waals surface area contributed by atoms with E-state index in [0.717, 1.165) is 10.1 Å². The van der Waals surface area contributed by atoms with E-state index in [0.29, 0.717) is 62.8 Å². The second kappa shape index (κ2) is 11.8. The van der Waals surface area contributed by atoms with Gasteiger partial charge in [-0.3, -0.25) is 19.2 Å². The molecule has 0 amide bonds. The molecule has 12 nitrogen and oxygen atoms in total. The number of aromatic nitrogens is 4. The van der Waals surface area contributed by atoms with Gasteiger partial charge in [-0.1, -0.05) is 19.1 Å². The van der Waals surface area contributed by atoms with Gasteiger partial charge in [-0.15, -0.1) is 0 Å². The van der Waals surface area contributed by atoms with E-state index in [1.807, 2.05) is 31.2 Å². The third kappa shape index (κ3) is 5.72. The van der Waals surface area contributed by atoms with Gasteiger partial charge in [-0.25, -0.2) is 18.2 Å². The number of benzene rings is 2. The minimum Gasteiger partial charge on any atom is -0.491 e. The van der Waals surface area contributed by atoms with Crippen molar-refractivity contribution in [3.63, 3.8) is 0 Å². The molecule has 212 valence electrons. The lowest BCUT2D eigenvalue weighted by molar-refractivity contribution is 0.181. The molecule has 5 rings (SSSR count). The molecule has 0 bridgehead atoms. The first kappa shape index (κ1) is 27.8. The van der Waals surface area contributed by atoms with Crippen molar-refractivity contribution in [1.82, 2.24) is 28.7 Å². The average molecular weight is 569 g/mol. The molecule has 0 radical (unpaired) electrons. The van der Waals surface area contributed by atoms with Gasteiger partial charge in [0, 0.05) is 44.8 Å². The first-order valence-corrected chi connectivity index (χ1v) is 14.6. The minimum absolute atomic E-state index is 0.0358. The van der Waals surface area contributed by atoms with Crippen LogP contribution < -0.4 is 16.0 Å². The van der Waals surface area contributed by atoms with Crippen LogP contribution in [0, 0.1) is 0 Å². The number of ether oxygens (including phenoxy) is 1.